The zero-order valence-corrected chi connectivity index (χ0v) is 10.0. The summed E-state index contributed by atoms with van der Waals surface area (Å²) in [6.45, 7) is 0.900. The fraction of sp³-hybridized carbons (Fsp3) is 0.667. The van der Waals surface area contributed by atoms with Gasteiger partial charge < -0.3 is 10.6 Å². The maximum Gasteiger partial charge on any atom is 0.244 e. The van der Waals surface area contributed by atoms with Gasteiger partial charge in [-0.2, -0.15) is 5.10 Å². The average molecular weight is 234 g/mol. The summed E-state index contributed by atoms with van der Waals surface area (Å²) >= 11 is 0. The van der Waals surface area contributed by atoms with Gasteiger partial charge in [-0.3, -0.25) is 9.48 Å². The van der Waals surface area contributed by atoms with Crippen molar-refractivity contribution in [3.63, 3.8) is 0 Å². The van der Waals surface area contributed by atoms with Crippen LogP contribution in [0.1, 0.15) is 30.9 Å². The van der Waals surface area contributed by atoms with E-state index in [0.29, 0.717) is 12.0 Å². The lowest BCUT2D eigenvalue weighted by molar-refractivity contribution is -0.134. The van der Waals surface area contributed by atoms with Crippen LogP contribution in [0.3, 0.4) is 0 Å². The van der Waals surface area contributed by atoms with Crippen LogP contribution in [0.4, 0.5) is 0 Å². The van der Waals surface area contributed by atoms with Crippen molar-refractivity contribution in [2.45, 2.75) is 31.3 Å². The summed E-state index contributed by atoms with van der Waals surface area (Å²) in [5, 5.41) is 4.06. The van der Waals surface area contributed by atoms with E-state index >= 15 is 0 Å². The van der Waals surface area contributed by atoms with E-state index in [1.807, 2.05) is 18.1 Å². The molecule has 92 valence electrons. The largest absolute Gasteiger partial charge is 0.338 e. The third-order valence-corrected chi connectivity index (χ3v) is 4.04. The van der Waals surface area contributed by atoms with Crippen molar-refractivity contribution in [2.24, 2.45) is 18.7 Å². The minimum Gasteiger partial charge on any atom is -0.338 e. The Hall–Kier alpha value is -1.36. The van der Waals surface area contributed by atoms with E-state index in [4.69, 9.17) is 5.73 Å². The number of likely N-dealkylation sites (tertiary alicyclic amines) is 1. The van der Waals surface area contributed by atoms with Gasteiger partial charge in [0.25, 0.3) is 0 Å². The van der Waals surface area contributed by atoms with E-state index in [0.717, 1.165) is 18.5 Å². The fourth-order valence-electron chi connectivity index (χ4n) is 3.12. The zero-order chi connectivity index (χ0) is 12.0. The first-order valence-electron chi connectivity index (χ1n) is 6.20. The number of nitrogens with zero attached hydrogens (tertiary/aromatic N) is 3. The summed E-state index contributed by atoms with van der Waals surface area (Å²) in [7, 11) is 1.83. The van der Waals surface area contributed by atoms with Crippen molar-refractivity contribution < 1.29 is 4.79 Å². The highest BCUT2D eigenvalue weighted by molar-refractivity contribution is 5.83. The number of aryl methyl sites for hydroxylation is 1. The summed E-state index contributed by atoms with van der Waals surface area (Å²) in [6, 6.07) is -0.113. The number of nitrogens with two attached hydrogens (primary N) is 1. The van der Waals surface area contributed by atoms with Gasteiger partial charge in [-0.05, 0) is 25.2 Å². The molecule has 1 saturated carbocycles. The number of carbonyl (C=O) groups is 1. The molecule has 2 bridgehead atoms. The van der Waals surface area contributed by atoms with Crippen molar-refractivity contribution in [3.05, 3.63) is 18.0 Å². The van der Waals surface area contributed by atoms with Crippen molar-refractivity contribution in [1.82, 2.24) is 14.7 Å². The highest BCUT2D eigenvalue weighted by atomic mass is 16.2. The van der Waals surface area contributed by atoms with Gasteiger partial charge in [0.05, 0.1) is 6.20 Å². The molecule has 5 nitrogen and oxygen atoms in total. The molecule has 0 spiro atoms. The second kappa shape index (κ2) is 3.84. The predicted octanol–water partition coefficient (Wildman–Crippen LogP) is 0.431. The van der Waals surface area contributed by atoms with E-state index in [1.165, 1.54) is 12.8 Å². The van der Waals surface area contributed by atoms with E-state index < -0.39 is 6.04 Å². The summed E-state index contributed by atoms with van der Waals surface area (Å²) < 4.78 is 1.68. The highest BCUT2D eigenvalue weighted by Gasteiger charge is 2.41. The van der Waals surface area contributed by atoms with Crippen molar-refractivity contribution >= 4 is 5.91 Å². The van der Waals surface area contributed by atoms with Crippen molar-refractivity contribution in [1.29, 1.82) is 0 Å². The maximum atomic E-state index is 12.3. The fourth-order valence-corrected chi connectivity index (χ4v) is 3.12. The van der Waals surface area contributed by atoms with E-state index in [-0.39, 0.29) is 5.91 Å². The van der Waals surface area contributed by atoms with Gasteiger partial charge in [0.15, 0.2) is 0 Å². The normalized spacial score (nSPS) is 28.7. The molecule has 2 aliphatic rings. The molecule has 1 saturated heterocycles. The Bertz CT molecular complexity index is 441. The van der Waals surface area contributed by atoms with Crippen LogP contribution >= 0.6 is 0 Å². The Morgan fingerprint density at radius 3 is 2.94 bits per heavy atom. The molecule has 17 heavy (non-hydrogen) atoms. The molecular formula is C12H18N4O. The first-order chi connectivity index (χ1) is 8.15. The molecular weight excluding hydrogens is 216 g/mol. The monoisotopic (exact) mass is 234 g/mol. The first-order valence-corrected chi connectivity index (χ1v) is 6.20. The van der Waals surface area contributed by atoms with Gasteiger partial charge in [-0.15, -0.1) is 0 Å². The Kier molecular flexibility index (Phi) is 2.43. The maximum absolute atomic E-state index is 12.3. The van der Waals surface area contributed by atoms with Crippen molar-refractivity contribution in [2.75, 3.05) is 6.54 Å². The number of carbonyl (C=O) groups excluding carboxylic acids is 1. The lowest BCUT2D eigenvalue weighted by atomic mass is 10.1. The first kappa shape index (κ1) is 10.8. The molecule has 2 heterocycles. The molecule has 1 aromatic rings. The molecule has 1 aliphatic heterocycles. The summed E-state index contributed by atoms with van der Waals surface area (Å²) in [5.41, 5.74) is 6.82. The summed E-state index contributed by atoms with van der Waals surface area (Å²) in [5.74, 6) is 0.773. The van der Waals surface area contributed by atoms with Gasteiger partial charge in [0.1, 0.15) is 6.04 Å². The van der Waals surface area contributed by atoms with Crippen LogP contribution in [0.25, 0.3) is 0 Å². The van der Waals surface area contributed by atoms with Crippen molar-refractivity contribution in [3.8, 4) is 0 Å². The number of rotatable bonds is 2. The Labute approximate surface area is 101 Å². The average Bonchev–Trinajstić information content (AvgIpc) is 3.02. The molecule has 2 N–H and O–H groups in total. The number of hydrogen-bond acceptors (Lipinski definition) is 3. The van der Waals surface area contributed by atoms with Crippen LogP contribution in [0.15, 0.2) is 12.4 Å². The number of fused-ring (bicyclic) bond motifs is 2. The summed E-state index contributed by atoms with van der Waals surface area (Å²) in [6.07, 6.45) is 7.09. The smallest absolute Gasteiger partial charge is 0.244 e. The van der Waals surface area contributed by atoms with E-state index in [9.17, 15) is 4.79 Å². The highest BCUT2D eigenvalue weighted by Crippen LogP contribution is 2.38. The third-order valence-electron chi connectivity index (χ3n) is 4.04. The molecule has 1 aliphatic carbocycles. The van der Waals surface area contributed by atoms with Crippen LogP contribution in [0.2, 0.25) is 0 Å². The van der Waals surface area contributed by atoms with Crippen LogP contribution in [0, 0.1) is 5.92 Å². The van der Waals surface area contributed by atoms with E-state index in [2.05, 4.69) is 5.10 Å². The second-order valence-electron chi connectivity index (χ2n) is 5.25. The van der Waals surface area contributed by atoms with Crippen LogP contribution in [-0.4, -0.2) is 33.2 Å². The molecule has 2 fully saturated rings. The minimum absolute atomic E-state index is 0.0604. The topological polar surface area (TPSA) is 64.2 Å². The molecule has 1 amide bonds. The molecule has 3 rings (SSSR count). The molecule has 0 radical (unpaired) electrons. The predicted molar refractivity (Wildman–Crippen MR) is 63.0 cm³/mol. The zero-order valence-electron chi connectivity index (χ0n) is 10.0. The van der Waals surface area contributed by atoms with Crippen LogP contribution < -0.4 is 5.73 Å². The summed E-state index contributed by atoms with van der Waals surface area (Å²) in [4.78, 5) is 14.3. The molecule has 3 unspecified atom stereocenters. The number of hydrogen-bond donors (Lipinski definition) is 1. The second-order valence-corrected chi connectivity index (χ2v) is 5.25. The van der Waals surface area contributed by atoms with Gasteiger partial charge in [0.2, 0.25) is 5.91 Å². The third kappa shape index (κ3) is 1.74. The molecule has 5 heteroatoms. The number of piperidine rings is 1. The van der Waals surface area contributed by atoms with Gasteiger partial charge in [-0.25, -0.2) is 0 Å². The Morgan fingerprint density at radius 2 is 2.41 bits per heavy atom. The SMILES string of the molecule is Cn1cc(C(N)C(=O)N2CC3CCC2C3)cn1. The number of aromatic nitrogens is 2. The molecule has 1 aromatic heterocycles. The van der Waals surface area contributed by atoms with Gasteiger partial charge in [0, 0.05) is 31.4 Å². The number of amides is 1. The van der Waals surface area contributed by atoms with Crippen LogP contribution in [-0.2, 0) is 11.8 Å². The Balaban J connectivity index is 1.74. The molecule has 3 atom stereocenters. The standard InChI is InChI=1S/C12H18N4O/c1-15-7-9(5-14-15)11(13)12(17)16-6-8-2-3-10(16)4-8/h5,7-8,10-11H,2-4,6,13H2,1H3. The van der Waals surface area contributed by atoms with Gasteiger partial charge >= 0.3 is 0 Å². The lowest BCUT2D eigenvalue weighted by Crippen LogP contribution is -2.42. The van der Waals surface area contributed by atoms with Gasteiger partial charge in [-0.1, -0.05) is 0 Å². The van der Waals surface area contributed by atoms with E-state index in [1.54, 1.807) is 10.9 Å². The minimum atomic E-state index is -0.553. The Morgan fingerprint density at radius 1 is 1.59 bits per heavy atom. The van der Waals surface area contributed by atoms with Crippen LogP contribution in [0.5, 0.6) is 0 Å². The lowest BCUT2D eigenvalue weighted by Gasteiger charge is -2.29. The quantitative estimate of drug-likeness (QED) is 0.807. The molecule has 0 aromatic carbocycles.